The molecule has 0 heterocycles. The van der Waals surface area contributed by atoms with Crippen molar-refractivity contribution in [1.82, 2.24) is 5.32 Å². The van der Waals surface area contributed by atoms with Gasteiger partial charge >= 0.3 is 0 Å². The molecule has 0 atom stereocenters. The summed E-state index contributed by atoms with van der Waals surface area (Å²) in [5, 5.41) is 5.93. The number of ether oxygens (including phenoxy) is 2. The van der Waals surface area contributed by atoms with E-state index in [1.807, 2.05) is 30.3 Å². The predicted molar refractivity (Wildman–Crippen MR) is 125 cm³/mol. The lowest BCUT2D eigenvalue weighted by Gasteiger charge is -2.15. The van der Waals surface area contributed by atoms with Crippen LogP contribution in [0.25, 0.3) is 0 Å². The monoisotopic (exact) mass is 478 g/mol. The Morgan fingerprint density at radius 1 is 1.03 bits per heavy atom. The van der Waals surface area contributed by atoms with Crippen molar-refractivity contribution >= 4 is 44.9 Å². The number of amides is 1. The minimum absolute atomic E-state index is 0.200. The van der Waals surface area contributed by atoms with Crippen LogP contribution in [0.5, 0.6) is 11.5 Å². The molecule has 0 bridgehead atoms. The zero-order valence-corrected chi connectivity index (χ0v) is 19.5. The fraction of sp³-hybridized carbons (Fsp3) is 0.364. The highest BCUT2D eigenvalue weighted by Gasteiger charge is 2.15. The van der Waals surface area contributed by atoms with Crippen molar-refractivity contribution in [3.05, 3.63) is 52.5 Å². The molecule has 0 aliphatic carbocycles. The van der Waals surface area contributed by atoms with E-state index in [4.69, 9.17) is 21.7 Å². The Kier molecular flexibility index (Phi) is 8.92. The van der Waals surface area contributed by atoms with E-state index in [0.717, 1.165) is 15.9 Å². The molecule has 29 heavy (non-hydrogen) atoms. The van der Waals surface area contributed by atoms with Gasteiger partial charge in [-0.1, -0.05) is 49.7 Å². The molecule has 7 heteroatoms. The van der Waals surface area contributed by atoms with Crippen LogP contribution >= 0.6 is 28.1 Å². The van der Waals surface area contributed by atoms with E-state index in [-0.39, 0.29) is 11.0 Å². The lowest BCUT2D eigenvalue weighted by molar-refractivity contribution is 0.0973. The second-order valence-electron chi connectivity index (χ2n) is 7.49. The van der Waals surface area contributed by atoms with E-state index in [1.54, 1.807) is 12.1 Å². The van der Waals surface area contributed by atoms with Gasteiger partial charge in [0, 0.05) is 16.2 Å². The molecular formula is C22H27BrN2O3S. The second kappa shape index (κ2) is 11.2. The van der Waals surface area contributed by atoms with Crippen LogP contribution in [-0.4, -0.2) is 24.2 Å². The van der Waals surface area contributed by atoms with Gasteiger partial charge in [-0.3, -0.25) is 10.1 Å². The summed E-state index contributed by atoms with van der Waals surface area (Å²) in [4.78, 5) is 12.7. The topological polar surface area (TPSA) is 59.6 Å². The second-order valence-corrected chi connectivity index (χ2v) is 8.81. The van der Waals surface area contributed by atoms with Gasteiger partial charge in [0.1, 0.15) is 11.5 Å². The zero-order valence-electron chi connectivity index (χ0n) is 17.1. The molecule has 2 rings (SSSR count). The van der Waals surface area contributed by atoms with E-state index in [2.05, 4.69) is 54.3 Å². The Morgan fingerprint density at radius 3 is 2.41 bits per heavy atom. The van der Waals surface area contributed by atoms with Crippen LogP contribution in [-0.2, 0) is 0 Å². The van der Waals surface area contributed by atoms with E-state index in [0.29, 0.717) is 36.4 Å². The van der Waals surface area contributed by atoms with E-state index >= 15 is 0 Å². The standard InChI is InChI=1S/C22H27BrN2O3S/c1-14(2)12-27-18-7-5-6-17(11-18)24-22(29)25-21(26)19-10-16(23)8-9-20(19)28-13-15(3)4/h5-11,14-15H,12-13H2,1-4H3,(H2,24,25,26,29). The maximum Gasteiger partial charge on any atom is 0.261 e. The van der Waals surface area contributed by atoms with Crippen LogP contribution in [0.4, 0.5) is 5.69 Å². The summed E-state index contributed by atoms with van der Waals surface area (Å²) in [6.45, 7) is 9.44. The highest BCUT2D eigenvalue weighted by atomic mass is 79.9. The summed E-state index contributed by atoms with van der Waals surface area (Å²) >= 11 is 8.71. The maximum atomic E-state index is 12.7. The molecule has 0 aliphatic heterocycles. The van der Waals surface area contributed by atoms with Crippen LogP contribution < -0.4 is 20.1 Å². The molecular weight excluding hydrogens is 452 g/mol. The van der Waals surface area contributed by atoms with Crippen molar-refractivity contribution in [3.8, 4) is 11.5 Å². The SMILES string of the molecule is CC(C)COc1cccc(NC(=S)NC(=O)c2cc(Br)ccc2OCC(C)C)c1. The summed E-state index contributed by atoms with van der Waals surface area (Å²) in [5.41, 5.74) is 1.15. The molecule has 2 N–H and O–H groups in total. The Labute approximate surface area is 186 Å². The molecule has 5 nitrogen and oxygen atoms in total. The third-order valence-electron chi connectivity index (χ3n) is 3.66. The molecule has 0 aliphatic rings. The lowest BCUT2D eigenvalue weighted by Crippen LogP contribution is -2.34. The molecule has 1 amide bonds. The predicted octanol–water partition coefficient (Wildman–Crippen LogP) is 5.65. The Morgan fingerprint density at radius 2 is 1.72 bits per heavy atom. The molecule has 0 spiro atoms. The smallest absolute Gasteiger partial charge is 0.261 e. The third kappa shape index (κ3) is 8.03. The van der Waals surface area contributed by atoms with Gasteiger partial charge in [-0.25, -0.2) is 0 Å². The van der Waals surface area contributed by atoms with Gasteiger partial charge < -0.3 is 14.8 Å². The number of nitrogens with one attached hydrogen (secondary N) is 2. The van der Waals surface area contributed by atoms with E-state index < -0.39 is 0 Å². The van der Waals surface area contributed by atoms with Gasteiger partial charge in [0.15, 0.2) is 5.11 Å². The van der Waals surface area contributed by atoms with Crippen LogP contribution in [0.3, 0.4) is 0 Å². The van der Waals surface area contributed by atoms with Gasteiger partial charge in [0.25, 0.3) is 5.91 Å². The van der Waals surface area contributed by atoms with Crippen LogP contribution in [0.1, 0.15) is 38.1 Å². The number of halogens is 1. The summed E-state index contributed by atoms with van der Waals surface area (Å²) < 4.78 is 12.3. The number of thiocarbonyl (C=S) groups is 1. The average molecular weight is 479 g/mol. The molecule has 156 valence electrons. The molecule has 0 radical (unpaired) electrons. The Bertz CT molecular complexity index is 856. The molecule has 0 saturated carbocycles. The fourth-order valence-corrected chi connectivity index (χ4v) is 2.89. The first-order chi connectivity index (χ1) is 13.7. The van der Waals surface area contributed by atoms with Crippen molar-refractivity contribution in [1.29, 1.82) is 0 Å². The zero-order chi connectivity index (χ0) is 21.4. The number of rotatable bonds is 8. The van der Waals surface area contributed by atoms with Crippen molar-refractivity contribution < 1.29 is 14.3 Å². The van der Waals surface area contributed by atoms with E-state index in [1.165, 1.54) is 0 Å². The summed E-state index contributed by atoms with van der Waals surface area (Å²) in [5.74, 6) is 1.71. The number of carbonyl (C=O) groups excluding carboxylic acids is 1. The quantitative estimate of drug-likeness (QED) is 0.480. The highest BCUT2D eigenvalue weighted by Crippen LogP contribution is 2.24. The maximum absolute atomic E-state index is 12.7. The van der Waals surface area contributed by atoms with Crippen LogP contribution in [0.2, 0.25) is 0 Å². The van der Waals surface area contributed by atoms with Crippen LogP contribution in [0.15, 0.2) is 46.9 Å². The van der Waals surface area contributed by atoms with Gasteiger partial charge in [-0.05, 0) is 54.4 Å². The van der Waals surface area contributed by atoms with Gasteiger partial charge in [0.2, 0.25) is 0 Å². The largest absolute Gasteiger partial charge is 0.493 e. The number of carbonyl (C=O) groups is 1. The van der Waals surface area contributed by atoms with Gasteiger partial charge in [-0.2, -0.15) is 0 Å². The molecule has 0 saturated heterocycles. The van der Waals surface area contributed by atoms with Crippen molar-refractivity contribution in [3.63, 3.8) is 0 Å². The fourth-order valence-electron chi connectivity index (χ4n) is 2.32. The van der Waals surface area contributed by atoms with Crippen molar-refractivity contribution in [2.75, 3.05) is 18.5 Å². The van der Waals surface area contributed by atoms with E-state index in [9.17, 15) is 4.79 Å². The van der Waals surface area contributed by atoms with Gasteiger partial charge in [-0.15, -0.1) is 0 Å². The number of anilines is 1. The normalized spacial score (nSPS) is 10.7. The minimum Gasteiger partial charge on any atom is -0.493 e. The lowest BCUT2D eigenvalue weighted by atomic mass is 10.2. The summed E-state index contributed by atoms with van der Waals surface area (Å²) in [6.07, 6.45) is 0. The molecule has 2 aromatic carbocycles. The first-order valence-corrected chi connectivity index (χ1v) is 10.7. The highest BCUT2D eigenvalue weighted by molar-refractivity contribution is 9.10. The molecule has 2 aromatic rings. The first kappa shape index (κ1) is 23.2. The van der Waals surface area contributed by atoms with Crippen LogP contribution in [0, 0.1) is 11.8 Å². The number of hydrogen-bond donors (Lipinski definition) is 2. The molecule has 0 aromatic heterocycles. The Hall–Kier alpha value is -2.12. The molecule has 0 fully saturated rings. The average Bonchev–Trinajstić information content (AvgIpc) is 2.65. The number of benzene rings is 2. The Balaban J connectivity index is 2.03. The van der Waals surface area contributed by atoms with Crippen molar-refractivity contribution in [2.45, 2.75) is 27.7 Å². The minimum atomic E-state index is -0.338. The third-order valence-corrected chi connectivity index (χ3v) is 4.36. The first-order valence-electron chi connectivity index (χ1n) is 9.52. The van der Waals surface area contributed by atoms with Gasteiger partial charge in [0.05, 0.1) is 18.8 Å². The number of hydrogen-bond acceptors (Lipinski definition) is 4. The summed E-state index contributed by atoms with van der Waals surface area (Å²) in [7, 11) is 0. The van der Waals surface area contributed by atoms with Crippen molar-refractivity contribution in [2.24, 2.45) is 11.8 Å². The molecule has 0 unspecified atom stereocenters. The summed E-state index contributed by atoms with van der Waals surface area (Å²) in [6, 6.07) is 12.8.